The highest BCUT2D eigenvalue weighted by atomic mass is 127. The fourth-order valence-electron chi connectivity index (χ4n) is 0.866. The molecule has 0 aliphatic rings. The van der Waals surface area contributed by atoms with E-state index < -0.39 is 0 Å². The van der Waals surface area contributed by atoms with Gasteiger partial charge in [-0.25, -0.2) is 4.98 Å². The van der Waals surface area contributed by atoms with Crippen LogP contribution in [0.2, 0.25) is 0 Å². The number of aryl methyl sites for hydroxylation is 1. The van der Waals surface area contributed by atoms with Gasteiger partial charge in [0.25, 0.3) is 0 Å². The van der Waals surface area contributed by atoms with Crippen LogP contribution in [0.25, 0.3) is 0 Å². The first kappa shape index (κ1) is 10.9. The van der Waals surface area contributed by atoms with E-state index in [0.717, 1.165) is 16.8 Å². The van der Waals surface area contributed by atoms with Crippen LogP contribution in [-0.2, 0) is 11.3 Å². The number of hydrogen-bond acceptors (Lipinski definition) is 3. The SMILES string of the molecule is COC(C)(C)CCn1cnc(I)n1. The predicted molar refractivity (Wildman–Crippen MR) is 58.4 cm³/mol. The van der Waals surface area contributed by atoms with Crippen LogP contribution in [0.5, 0.6) is 0 Å². The van der Waals surface area contributed by atoms with Crippen molar-refractivity contribution < 1.29 is 4.74 Å². The smallest absolute Gasteiger partial charge is 0.211 e. The average Bonchev–Trinajstić information content (AvgIpc) is 2.48. The molecule has 0 atom stereocenters. The van der Waals surface area contributed by atoms with Crippen molar-refractivity contribution >= 4 is 22.6 Å². The standard InChI is InChI=1S/C8H14IN3O/c1-8(2,13-3)4-5-12-6-10-7(9)11-12/h6H,4-5H2,1-3H3. The molecule has 0 N–H and O–H groups in total. The lowest BCUT2D eigenvalue weighted by molar-refractivity contribution is 0.0113. The van der Waals surface area contributed by atoms with Crippen LogP contribution in [0, 0.1) is 3.83 Å². The summed E-state index contributed by atoms with van der Waals surface area (Å²) in [6.45, 7) is 4.97. The molecular weight excluding hydrogens is 281 g/mol. The van der Waals surface area contributed by atoms with E-state index in [1.807, 2.05) is 4.68 Å². The van der Waals surface area contributed by atoms with E-state index in [-0.39, 0.29) is 5.60 Å². The van der Waals surface area contributed by atoms with Crippen molar-refractivity contribution in [3.63, 3.8) is 0 Å². The van der Waals surface area contributed by atoms with E-state index in [0.29, 0.717) is 0 Å². The average molecular weight is 295 g/mol. The van der Waals surface area contributed by atoms with Crippen molar-refractivity contribution in [3.8, 4) is 0 Å². The predicted octanol–water partition coefficient (Wildman–Crippen LogP) is 1.70. The minimum atomic E-state index is -0.0859. The van der Waals surface area contributed by atoms with Gasteiger partial charge in [0.1, 0.15) is 6.33 Å². The number of aromatic nitrogens is 3. The third-order valence-corrected chi connectivity index (χ3v) is 2.50. The van der Waals surface area contributed by atoms with Gasteiger partial charge in [0, 0.05) is 36.2 Å². The molecule has 0 saturated heterocycles. The molecule has 0 amide bonds. The summed E-state index contributed by atoms with van der Waals surface area (Å²) in [5.41, 5.74) is -0.0859. The van der Waals surface area contributed by atoms with Crippen LogP contribution in [0.3, 0.4) is 0 Å². The summed E-state index contributed by atoms with van der Waals surface area (Å²) < 4.78 is 7.92. The molecule has 13 heavy (non-hydrogen) atoms. The highest BCUT2D eigenvalue weighted by Crippen LogP contribution is 2.13. The van der Waals surface area contributed by atoms with Crippen LogP contribution in [0.15, 0.2) is 6.33 Å². The third kappa shape index (κ3) is 3.60. The summed E-state index contributed by atoms with van der Waals surface area (Å²) in [6, 6.07) is 0. The first-order valence-corrected chi connectivity index (χ1v) is 5.21. The molecule has 0 saturated carbocycles. The molecule has 1 aromatic heterocycles. The second-order valence-corrected chi connectivity index (χ2v) is 4.46. The van der Waals surface area contributed by atoms with E-state index in [4.69, 9.17) is 4.74 Å². The van der Waals surface area contributed by atoms with E-state index >= 15 is 0 Å². The fourth-order valence-corrected chi connectivity index (χ4v) is 1.27. The Morgan fingerprint density at radius 2 is 2.31 bits per heavy atom. The molecule has 1 rings (SSSR count). The minimum absolute atomic E-state index is 0.0859. The van der Waals surface area contributed by atoms with Crippen molar-refractivity contribution in [2.24, 2.45) is 0 Å². The van der Waals surface area contributed by atoms with Crippen LogP contribution in [0.4, 0.5) is 0 Å². The zero-order chi connectivity index (χ0) is 9.90. The lowest BCUT2D eigenvalue weighted by atomic mass is 10.1. The Kier molecular flexibility index (Phi) is 3.66. The highest BCUT2D eigenvalue weighted by molar-refractivity contribution is 14.1. The number of methoxy groups -OCH3 is 1. The quantitative estimate of drug-likeness (QED) is 0.794. The number of rotatable bonds is 4. The summed E-state index contributed by atoms with van der Waals surface area (Å²) in [5, 5.41) is 4.18. The number of halogens is 1. The molecule has 74 valence electrons. The van der Waals surface area contributed by atoms with E-state index in [2.05, 4.69) is 46.5 Å². The van der Waals surface area contributed by atoms with Gasteiger partial charge in [-0.15, -0.1) is 5.10 Å². The highest BCUT2D eigenvalue weighted by Gasteiger charge is 2.16. The van der Waals surface area contributed by atoms with Gasteiger partial charge in [0.2, 0.25) is 3.83 Å². The van der Waals surface area contributed by atoms with Crippen molar-refractivity contribution in [3.05, 3.63) is 10.2 Å². The summed E-state index contributed by atoms with van der Waals surface area (Å²) in [7, 11) is 1.73. The van der Waals surface area contributed by atoms with Gasteiger partial charge in [-0.05, 0) is 20.3 Å². The molecule has 0 spiro atoms. The summed E-state index contributed by atoms with van der Waals surface area (Å²) in [5.74, 6) is 0. The zero-order valence-electron chi connectivity index (χ0n) is 8.12. The Labute approximate surface area is 91.8 Å². The summed E-state index contributed by atoms with van der Waals surface area (Å²) >= 11 is 2.10. The van der Waals surface area contributed by atoms with E-state index in [1.54, 1.807) is 13.4 Å². The lowest BCUT2D eigenvalue weighted by Crippen LogP contribution is -2.24. The lowest BCUT2D eigenvalue weighted by Gasteiger charge is -2.22. The summed E-state index contributed by atoms with van der Waals surface area (Å²) in [6.07, 6.45) is 2.68. The maximum absolute atomic E-state index is 5.30. The molecule has 5 heteroatoms. The normalized spacial score (nSPS) is 12.0. The Balaban J connectivity index is 2.43. The second kappa shape index (κ2) is 4.36. The molecule has 1 heterocycles. The topological polar surface area (TPSA) is 39.9 Å². The Morgan fingerprint density at radius 1 is 1.62 bits per heavy atom. The number of nitrogens with zero attached hydrogens (tertiary/aromatic N) is 3. The number of ether oxygens (including phenoxy) is 1. The van der Waals surface area contributed by atoms with E-state index in [9.17, 15) is 0 Å². The van der Waals surface area contributed by atoms with Crippen molar-refractivity contribution in [2.45, 2.75) is 32.4 Å². The fraction of sp³-hybridized carbons (Fsp3) is 0.750. The van der Waals surface area contributed by atoms with Crippen LogP contribution >= 0.6 is 22.6 Å². The molecule has 0 aliphatic heterocycles. The molecule has 0 aromatic carbocycles. The largest absolute Gasteiger partial charge is 0.379 e. The Bertz CT molecular complexity index is 272. The first-order valence-electron chi connectivity index (χ1n) is 4.13. The van der Waals surface area contributed by atoms with Gasteiger partial charge in [-0.3, -0.25) is 4.68 Å². The maximum atomic E-state index is 5.30. The van der Waals surface area contributed by atoms with Crippen molar-refractivity contribution in [1.29, 1.82) is 0 Å². The molecule has 4 nitrogen and oxygen atoms in total. The molecule has 1 aromatic rings. The van der Waals surface area contributed by atoms with Gasteiger partial charge in [-0.2, -0.15) is 0 Å². The number of hydrogen-bond donors (Lipinski definition) is 0. The molecular formula is C8H14IN3O. The summed E-state index contributed by atoms with van der Waals surface area (Å²) in [4.78, 5) is 4.04. The molecule has 0 fully saturated rings. The third-order valence-electron chi connectivity index (χ3n) is 2.00. The van der Waals surface area contributed by atoms with Crippen molar-refractivity contribution in [2.75, 3.05) is 7.11 Å². The van der Waals surface area contributed by atoms with Crippen LogP contribution in [0.1, 0.15) is 20.3 Å². The van der Waals surface area contributed by atoms with Crippen LogP contribution in [-0.4, -0.2) is 27.5 Å². The van der Waals surface area contributed by atoms with Gasteiger partial charge >= 0.3 is 0 Å². The van der Waals surface area contributed by atoms with Gasteiger partial charge in [-0.1, -0.05) is 0 Å². The minimum Gasteiger partial charge on any atom is -0.379 e. The van der Waals surface area contributed by atoms with Gasteiger partial charge < -0.3 is 4.74 Å². The zero-order valence-corrected chi connectivity index (χ0v) is 10.3. The Hall–Kier alpha value is -0.170. The molecule has 0 bridgehead atoms. The van der Waals surface area contributed by atoms with Gasteiger partial charge in [0.15, 0.2) is 0 Å². The van der Waals surface area contributed by atoms with E-state index in [1.165, 1.54) is 0 Å². The van der Waals surface area contributed by atoms with Crippen molar-refractivity contribution in [1.82, 2.24) is 14.8 Å². The van der Waals surface area contributed by atoms with Crippen LogP contribution < -0.4 is 0 Å². The molecule has 0 unspecified atom stereocenters. The molecule has 0 radical (unpaired) electrons. The maximum Gasteiger partial charge on any atom is 0.211 e. The first-order chi connectivity index (χ1) is 6.03. The Morgan fingerprint density at radius 3 is 2.77 bits per heavy atom. The monoisotopic (exact) mass is 295 g/mol. The van der Waals surface area contributed by atoms with Gasteiger partial charge in [0.05, 0.1) is 5.60 Å². The molecule has 0 aliphatic carbocycles. The second-order valence-electron chi connectivity index (χ2n) is 3.49.